The lowest BCUT2D eigenvalue weighted by atomic mass is 10.2. The number of benzene rings is 1. The maximum atomic E-state index is 12.5. The van der Waals surface area contributed by atoms with E-state index in [1.807, 2.05) is 0 Å². The molecule has 3 nitrogen and oxygen atoms in total. The molecular formula is C10H10BrF3N2O. The fraction of sp³-hybridized carbons (Fsp3) is 0.300. The van der Waals surface area contributed by atoms with E-state index in [0.717, 1.165) is 12.1 Å². The van der Waals surface area contributed by atoms with Crippen LogP contribution in [-0.4, -0.2) is 11.9 Å². The quantitative estimate of drug-likeness (QED) is 0.902. The third-order valence-corrected chi connectivity index (χ3v) is 2.78. The molecule has 17 heavy (non-hydrogen) atoms. The van der Waals surface area contributed by atoms with Gasteiger partial charge in [-0.3, -0.25) is 4.79 Å². The topological polar surface area (TPSA) is 55.1 Å². The van der Waals surface area contributed by atoms with Gasteiger partial charge in [0.1, 0.15) is 6.04 Å². The lowest BCUT2D eigenvalue weighted by Crippen LogP contribution is -2.32. The number of carbonyl (C=O) groups is 1. The van der Waals surface area contributed by atoms with Gasteiger partial charge in [-0.25, -0.2) is 0 Å². The van der Waals surface area contributed by atoms with Crippen LogP contribution in [0.4, 0.5) is 18.9 Å². The van der Waals surface area contributed by atoms with E-state index in [1.54, 1.807) is 0 Å². The highest BCUT2D eigenvalue weighted by molar-refractivity contribution is 9.10. The second kappa shape index (κ2) is 4.95. The second-order valence-electron chi connectivity index (χ2n) is 3.46. The van der Waals surface area contributed by atoms with Gasteiger partial charge >= 0.3 is 6.18 Å². The van der Waals surface area contributed by atoms with E-state index in [9.17, 15) is 18.0 Å². The molecule has 0 aliphatic carbocycles. The summed E-state index contributed by atoms with van der Waals surface area (Å²) >= 11 is 3.09. The molecule has 0 aromatic heterocycles. The zero-order valence-corrected chi connectivity index (χ0v) is 10.4. The maximum Gasteiger partial charge on any atom is 0.416 e. The van der Waals surface area contributed by atoms with Crippen LogP contribution in [0.25, 0.3) is 0 Å². The van der Waals surface area contributed by atoms with E-state index < -0.39 is 23.7 Å². The van der Waals surface area contributed by atoms with E-state index in [4.69, 9.17) is 5.73 Å². The van der Waals surface area contributed by atoms with Crippen molar-refractivity contribution in [2.75, 3.05) is 5.32 Å². The Hall–Kier alpha value is -1.24. The first-order chi connectivity index (χ1) is 7.71. The van der Waals surface area contributed by atoms with Gasteiger partial charge in [-0.05, 0) is 41.1 Å². The smallest absolute Gasteiger partial charge is 0.373 e. The van der Waals surface area contributed by atoms with Crippen LogP contribution in [0.2, 0.25) is 0 Å². The Morgan fingerprint density at radius 2 is 2.06 bits per heavy atom. The number of alkyl halides is 3. The first-order valence-corrected chi connectivity index (χ1v) is 5.43. The molecule has 7 heteroatoms. The molecular weight excluding hydrogens is 301 g/mol. The Balaban J connectivity index is 3.03. The van der Waals surface area contributed by atoms with Gasteiger partial charge in [0.25, 0.3) is 0 Å². The summed E-state index contributed by atoms with van der Waals surface area (Å²) in [6.07, 6.45) is -4.42. The highest BCUT2D eigenvalue weighted by Crippen LogP contribution is 2.34. The number of carbonyl (C=O) groups excluding carboxylic acids is 1. The largest absolute Gasteiger partial charge is 0.416 e. The van der Waals surface area contributed by atoms with Gasteiger partial charge in [0.15, 0.2) is 0 Å². The predicted molar refractivity (Wildman–Crippen MR) is 61.4 cm³/mol. The minimum absolute atomic E-state index is 0.172. The summed E-state index contributed by atoms with van der Waals surface area (Å²) in [5, 5.41) is 2.60. The SMILES string of the molecule is CC(Nc1cc(C(F)(F)F)ccc1Br)C(N)=O. The number of amides is 1. The van der Waals surface area contributed by atoms with Crippen LogP contribution in [0.15, 0.2) is 22.7 Å². The molecule has 1 atom stereocenters. The molecule has 1 aromatic rings. The Morgan fingerprint density at radius 1 is 1.47 bits per heavy atom. The molecule has 0 heterocycles. The van der Waals surface area contributed by atoms with Gasteiger partial charge < -0.3 is 11.1 Å². The van der Waals surface area contributed by atoms with E-state index in [2.05, 4.69) is 21.2 Å². The summed E-state index contributed by atoms with van der Waals surface area (Å²) in [7, 11) is 0. The van der Waals surface area contributed by atoms with Crippen LogP contribution in [-0.2, 0) is 11.0 Å². The van der Waals surface area contributed by atoms with Crippen molar-refractivity contribution in [2.24, 2.45) is 5.73 Å². The lowest BCUT2D eigenvalue weighted by molar-refractivity contribution is -0.137. The van der Waals surface area contributed by atoms with E-state index in [0.29, 0.717) is 4.47 Å². The summed E-state index contributed by atoms with van der Waals surface area (Å²) in [4.78, 5) is 10.8. The number of anilines is 1. The lowest BCUT2D eigenvalue weighted by Gasteiger charge is -2.15. The molecule has 3 N–H and O–H groups in total. The van der Waals surface area contributed by atoms with Gasteiger partial charge in [0, 0.05) is 10.2 Å². The Kier molecular flexibility index (Phi) is 4.03. The molecule has 0 aliphatic heterocycles. The first kappa shape index (κ1) is 13.8. The molecule has 0 bridgehead atoms. The van der Waals surface area contributed by atoms with Gasteiger partial charge in [0.2, 0.25) is 5.91 Å². The standard InChI is InChI=1S/C10H10BrF3N2O/c1-5(9(15)17)16-8-4-6(10(12,13)14)2-3-7(8)11/h2-5,16H,1H3,(H2,15,17). The minimum atomic E-state index is -4.42. The molecule has 0 aliphatic rings. The molecule has 0 saturated carbocycles. The summed E-state index contributed by atoms with van der Waals surface area (Å²) in [5.74, 6) is -0.644. The van der Waals surface area contributed by atoms with Crippen molar-refractivity contribution >= 4 is 27.5 Å². The molecule has 0 spiro atoms. The fourth-order valence-corrected chi connectivity index (χ4v) is 1.48. The van der Waals surface area contributed by atoms with Crippen molar-refractivity contribution in [3.63, 3.8) is 0 Å². The third-order valence-electron chi connectivity index (χ3n) is 2.09. The summed E-state index contributed by atoms with van der Waals surface area (Å²) in [5.41, 5.74) is 4.40. The Bertz CT molecular complexity index is 434. The summed E-state index contributed by atoms with van der Waals surface area (Å²) in [6, 6.07) is 2.38. The molecule has 0 saturated heterocycles. The van der Waals surface area contributed by atoms with E-state index >= 15 is 0 Å². The molecule has 94 valence electrons. The number of nitrogens with one attached hydrogen (secondary N) is 1. The van der Waals surface area contributed by atoms with Gasteiger partial charge in [-0.1, -0.05) is 0 Å². The molecule has 0 radical (unpaired) electrons. The zero-order chi connectivity index (χ0) is 13.2. The van der Waals surface area contributed by atoms with Crippen molar-refractivity contribution in [2.45, 2.75) is 19.1 Å². The Morgan fingerprint density at radius 3 is 2.53 bits per heavy atom. The minimum Gasteiger partial charge on any atom is -0.373 e. The van der Waals surface area contributed by atoms with Crippen molar-refractivity contribution in [3.05, 3.63) is 28.2 Å². The van der Waals surface area contributed by atoms with Crippen LogP contribution in [0.1, 0.15) is 12.5 Å². The average Bonchev–Trinajstić information content (AvgIpc) is 2.19. The van der Waals surface area contributed by atoms with Crippen LogP contribution in [0.5, 0.6) is 0 Å². The van der Waals surface area contributed by atoms with Crippen molar-refractivity contribution in [1.82, 2.24) is 0 Å². The van der Waals surface area contributed by atoms with Crippen molar-refractivity contribution < 1.29 is 18.0 Å². The average molecular weight is 311 g/mol. The first-order valence-electron chi connectivity index (χ1n) is 4.64. The number of halogens is 4. The fourth-order valence-electron chi connectivity index (χ4n) is 1.12. The monoisotopic (exact) mass is 310 g/mol. The van der Waals surface area contributed by atoms with Crippen LogP contribution in [0, 0.1) is 0 Å². The van der Waals surface area contributed by atoms with Crippen LogP contribution in [0.3, 0.4) is 0 Å². The van der Waals surface area contributed by atoms with Gasteiger partial charge in [0.05, 0.1) is 5.56 Å². The third kappa shape index (κ3) is 3.62. The van der Waals surface area contributed by atoms with E-state index in [-0.39, 0.29) is 5.69 Å². The molecule has 1 aromatic carbocycles. The zero-order valence-electron chi connectivity index (χ0n) is 8.81. The molecule has 1 unspecified atom stereocenters. The normalized spacial score (nSPS) is 13.2. The number of nitrogens with two attached hydrogens (primary N) is 1. The van der Waals surface area contributed by atoms with Crippen LogP contribution < -0.4 is 11.1 Å². The summed E-state index contributed by atoms with van der Waals surface area (Å²) < 4.78 is 37.8. The van der Waals surface area contributed by atoms with Crippen molar-refractivity contribution in [3.8, 4) is 0 Å². The number of primary amides is 1. The van der Waals surface area contributed by atoms with Gasteiger partial charge in [-0.15, -0.1) is 0 Å². The number of hydrogen-bond acceptors (Lipinski definition) is 2. The molecule has 1 rings (SSSR count). The summed E-state index contributed by atoms with van der Waals surface area (Å²) in [6.45, 7) is 1.47. The van der Waals surface area contributed by atoms with Crippen molar-refractivity contribution in [1.29, 1.82) is 0 Å². The highest BCUT2D eigenvalue weighted by atomic mass is 79.9. The second-order valence-corrected chi connectivity index (χ2v) is 4.32. The maximum absolute atomic E-state index is 12.5. The Labute approximate surface area is 104 Å². The van der Waals surface area contributed by atoms with Crippen LogP contribution >= 0.6 is 15.9 Å². The van der Waals surface area contributed by atoms with E-state index in [1.165, 1.54) is 13.0 Å². The molecule has 0 fully saturated rings. The van der Waals surface area contributed by atoms with Gasteiger partial charge in [-0.2, -0.15) is 13.2 Å². The predicted octanol–water partition coefficient (Wildman–Crippen LogP) is 2.75. The number of hydrogen-bond donors (Lipinski definition) is 2. The molecule has 1 amide bonds. The number of rotatable bonds is 3. The highest BCUT2D eigenvalue weighted by Gasteiger charge is 2.31.